The summed E-state index contributed by atoms with van der Waals surface area (Å²) < 4.78 is 5.02. The van der Waals surface area contributed by atoms with Gasteiger partial charge in [0.15, 0.2) is 0 Å². The average molecular weight is 127 g/mol. The molecule has 0 saturated heterocycles. The van der Waals surface area contributed by atoms with Crippen molar-refractivity contribution in [3.05, 3.63) is 11.8 Å². The van der Waals surface area contributed by atoms with Gasteiger partial charge in [-0.3, -0.25) is 0 Å². The van der Waals surface area contributed by atoms with Crippen molar-refractivity contribution in [3.63, 3.8) is 0 Å². The maximum Gasteiger partial charge on any atom is 0.217 e. The third-order valence-electron chi connectivity index (χ3n) is 0.926. The van der Waals surface area contributed by atoms with E-state index in [-0.39, 0.29) is 0 Å². The summed E-state index contributed by atoms with van der Waals surface area (Å²) in [5, 5.41) is 7.37. The summed E-state index contributed by atoms with van der Waals surface area (Å²) in [7, 11) is 0. The molecule has 0 spiro atoms. The second kappa shape index (κ2) is 2.59. The van der Waals surface area contributed by atoms with E-state index in [1.54, 1.807) is 6.92 Å². The smallest absolute Gasteiger partial charge is 0.217 e. The Balaban J connectivity index is 2.61. The first-order valence-corrected chi connectivity index (χ1v) is 2.82. The standard InChI is InChI=1S/C5H9N3O/c1-4-7-8-5(9-4)2-3-6/h2-3,6H2,1H3. The zero-order chi connectivity index (χ0) is 6.69. The zero-order valence-corrected chi connectivity index (χ0v) is 5.29. The van der Waals surface area contributed by atoms with E-state index in [0.717, 1.165) is 0 Å². The molecule has 0 amide bonds. The first-order chi connectivity index (χ1) is 4.33. The van der Waals surface area contributed by atoms with Crippen molar-refractivity contribution in [1.82, 2.24) is 10.2 Å². The Morgan fingerprint density at radius 2 is 2.33 bits per heavy atom. The normalized spacial score (nSPS) is 10.0. The summed E-state index contributed by atoms with van der Waals surface area (Å²) in [6.07, 6.45) is 0.668. The summed E-state index contributed by atoms with van der Waals surface area (Å²) in [6.45, 7) is 2.31. The summed E-state index contributed by atoms with van der Waals surface area (Å²) in [5.41, 5.74) is 5.24. The molecule has 1 rings (SSSR count). The molecular formula is C5H9N3O. The summed E-state index contributed by atoms with van der Waals surface area (Å²) in [5.74, 6) is 1.22. The fourth-order valence-corrected chi connectivity index (χ4v) is 0.562. The minimum Gasteiger partial charge on any atom is -0.426 e. The number of aryl methyl sites for hydroxylation is 1. The highest BCUT2D eigenvalue weighted by Crippen LogP contribution is 1.96. The molecule has 0 atom stereocenters. The van der Waals surface area contributed by atoms with Gasteiger partial charge in [-0.15, -0.1) is 10.2 Å². The van der Waals surface area contributed by atoms with Crippen molar-refractivity contribution in [3.8, 4) is 0 Å². The molecular weight excluding hydrogens is 118 g/mol. The first kappa shape index (κ1) is 6.22. The molecule has 1 aromatic rings. The SMILES string of the molecule is Cc1nnc(CCN)o1. The molecule has 0 unspecified atom stereocenters. The Morgan fingerprint density at radius 1 is 1.56 bits per heavy atom. The van der Waals surface area contributed by atoms with Crippen molar-refractivity contribution in [2.75, 3.05) is 6.54 Å². The van der Waals surface area contributed by atoms with Crippen LogP contribution in [0.15, 0.2) is 4.42 Å². The van der Waals surface area contributed by atoms with Crippen LogP contribution in [0.1, 0.15) is 11.8 Å². The molecule has 2 N–H and O–H groups in total. The molecule has 1 heterocycles. The van der Waals surface area contributed by atoms with Gasteiger partial charge in [-0.25, -0.2) is 0 Å². The molecule has 4 heteroatoms. The molecule has 0 radical (unpaired) electrons. The van der Waals surface area contributed by atoms with Crippen molar-refractivity contribution < 1.29 is 4.42 Å². The van der Waals surface area contributed by atoms with Gasteiger partial charge in [-0.05, 0) is 0 Å². The van der Waals surface area contributed by atoms with E-state index < -0.39 is 0 Å². The highest BCUT2D eigenvalue weighted by Gasteiger charge is 1.97. The molecule has 0 saturated carbocycles. The molecule has 4 nitrogen and oxygen atoms in total. The summed E-state index contributed by atoms with van der Waals surface area (Å²) in [6, 6.07) is 0. The van der Waals surface area contributed by atoms with Crippen LogP contribution < -0.4 is 5.73 Å². The Kier molecular flexibility index (Phi) is 1.79. The third kappa shape index (κ3) is 1.50. The predicted octanol–water partition coefficient (Wildman–Crippen LogP) is -0.121. The van der Waals surface area contributed by atoms with Crippen LogP contribution in [0.5, 0.6) is 0 Å². The van der Waals surface area contributed by atoms with Gasteiger partial charge in [0.1, 0.15) is 0 Å². The van der Waals surface area contributed by atoms with Gasteiger partial charge in [0.25, 0.3) is 0 Å². The molecule has 0 aromatic carbocycles. The highest BCUT2D eigenvalue weighted by atomic mass is 16.4. The number of hydrogen-bond acceptors (Lipinski definition) is 4. The monoisotopic (exact) mass is 127 g/mol. The number of nitrogens with zero attached hydrogens (tertiary/aromatic N) is 2. The average Bonchev–Trinajstić information content (AvgIpc) is 2.17. The fourth-order valence-electron chi connectivity index (χ4n) is 0.562. The van der Waals surface area contributed by atoms with Crippen molar-refractivity contribution >= 4 is 0 Å². The molecule has 0 aliphatic carbocycles. The Hall–Kier alpha value is -0.900. The fraction of sp³-hybridized carbons (Fsp3) is 0.600. The number of rotatable bonds is 2. The summed E-state index contributed by atoms with van der Waals surface area (Å²) >= 11 is 0. The number of nitrogens with two attached hydrogens (primary N) is 1. The van der Waals surface area contributed by atoms with Crippen LogP contribution in [0.25, 0.3) is 0 Å². The van der Waals surface area contributed by atoms with Gasteiger partial charge < -0.3 is 10.2 Å². The minimum absolute atomic E-state index is 0.557. The number of hydrogen-bond donors (Lipinski definition) is 1. The quantitative estimate of drug-likeness (QED) is 0.601. The zero-order valence-electron chi connectivity index (χ0n) is 5.29. The van der Waals surface area contributed by atoms with E-state index in [2.05, 4.69) is 10.2 Å². The lowest BCUT2D eigenvalue weighted by Crippen LogP contribution is -2.02. The van der Waals surface area contributed by atoms with E-state index in [1.165, 1.54) is 0 Å². The van der Waals surface area contributed by atoms with Crippen molar-refractivity contribution in [1.29, 1.82) is 0 Å². The molecule has 0 aliphatic heterocycles. The minimum atomic E-state index is 0.557. The summed E-state index contributed by atoms with van der Waals surface area (Å²) in [4.78, 5) is 0. The van der Waals surface area contributed by atoms with Crippen LogP contribution in [-0.2, 0) is 6.42 Å². The third-order valence-corrected chi connectivity index (χ3v) is 0.926. The van der Waals surface area contributed by atoms with Gasteiger partial charge in [0.05, 0.1) is 0 Å². The Bertz CT molecular complexity index is 184. The largest absolute Gasteiger partial charge is 0.426 e. The van der Waals surface area contributed by atoms with Crippen LogP contribution in [0.3, 0.4) is 0 Å². The molecule has 0 fully saturated rings. The van der Waals surface area contributed by atoms with Crippen LogP contribution in [-0.4, -0.2) is 16.7 Å². The van der Waals surface area contributed by atoms with Crippen LogP contribution >= 0.6 is 0 Å². The van der Waals surface area contributed by atoms with E-state index in [0.29, 0.717) is 24.7 Å². The highest BCUT2D eigenvalue weighted by molar-refractivity contribution is 4.78. The molecule has 0 bridgehead atoms. The Labute approximate surface area is 53.1 Å². The lowest BCUT2D eigenvalue weighted by atomic mass is 10.4. The maximum atomic E-state index is 5.24. The Morgan fingerprint density at radius 3 is 2.78 bits per heavy atom. The molecule has 0 aliphatic rings. The lowest BCUT2D eigenvalue weighted by Gasteiger charge is -1.84. The van der Waals surface area contributed by atoms with Gasteiger partial charge >= 0.3 is 0 Å². The second-order valence-electron chi connectivity index (χ2n) is 1.75. The predicted molar refractivity (Wildman–Crippen MR) is 31.8 cm³/mol. The van der Waals surface area contributed by atoms with Gasteiger partial charge in [0.2, 0.25) is 11.8 Å². The van der Waals surface area contributed by atoms with Crippen LogP contribution in [0.2, 0.25) is 0 Å². The van der Waals surface area contributed by atoms with Gasteiger partial charge in [-0.1, -0.05) is 0 Å². The van der Waals surface area contributed by atoms with E-state index >= 15 is 0 Å². The first-order valence-electron chi connectivity index (χ1n) is 2.82. The van der Waals surface area contributed by atoms with Crippen molar-refractivity contribution in [2.45, 2.75) is 13.3 Å². The van der Waals surface area contributed by atoms with Crippen molar-refractivity contribution in [2.24, 2.45) is 5.73 Å². The van der Waals surface area contributed by atoms with Gasteiger partial charge in [0, 0.05) is 19.9 Å². The van der Waals surface area contributed by atoms with Crippen LogP contribution in [0.4, 0.5) is 0 Å². The number of aromatic nitrogens is 2. The van der Waals surface area contributed by atoms with E-state index in [9.17, 15) is 0 Å². The topological polar surface area (TPSA) is 64.9 Å². The van der Waals surface area contributed by atoms with E-state index in [1.807, 2.05) is 0 Å². The molecule has 50 valence electrons. The molecule has 9 heavy (non-hydrogen) atoms. The van der Waals surface area contributed by atoms with Crippen LogP contribution in [0, 0.1) is 6.92 Å². The second-order valence-corrected chi connectivity index (χ2v) is 1.75. The van der Waals surface area contributed by atoms with Gasteiger partial charge in [-0.2, -0.15) is 0 Å². The maximum absolute atomic E-state index is 5.24. The lowest BCUT2D eigenvalue weighted by molar-refractivity contribution is 0.469. The van der Waals surface area contributed by atoms with E-state index in [4.69, 9.17) is 10.2 Å². The molecule has 1 aromatic heterocycles.